The lowest BCUT2D eigenvalue weighted by Gasteiger charge is -2.37. The van der Waals surface area contributed by atoms with E-state index in [1.807, 2.05) is 12.4 Å². The summed E-state index contributed by atoms with van der Waals surface area (Å²) >= 11 is 0. The molecule has 0 bridgehead atoms. The Morgan fingerprint density at radius 2 is 1.95 bits per heavy atom. The van der Waals surface area contributed by atoms with Crippen LogP contribution in [0.15, 0.2) is 18.5 Å². The minimum absolute atomic E-state index is 0.137. The van der Waals surface area contributed by atoms with E-state index in [4.69, 9.17) is 0 Å². The van der Waals surface area contributed by atoms with E-state index in [-0.39, 0.29) is 5.54 Å². The summed E-state index contributed by atoms with van der Waals surface area (Å²) < 4.78 is 0. The molecule has 4 heteroatoms. The highest BCUT2D eigenvalue weighted by Crippen LogP contribution is 2.24. The average Bonchev–Trinajstić information content (AvgIpc) is 2.45. The van der Waals surface area contributed by atoms with Crippen LogP contribution in [0, 0.1) is 0 Å². The SMILES string of the molecule is CN(C)C1CCN(c2cnccc2CNC(C)(C)C)CC1. The first kappa shape index (κ1) is 16.2. The molecule has 118 valence electrons. The molecule has 0 saturated carbocycles. The van der Waals surface area contributed by atoms with Crippen molar-refractivity contribution in [3.63, 3.8) is 0 Å². The molecular weight excluding hydrogens is 260 g/mol. The molecule has 4 nitrogen and oxygen atoms in total. The maximum absolute atomic E-state index is 4.34. The van der Waals surface area contributed by atoms with Gasteiger partial charge in [0.05, 0.1) is 11.9 Å². The van der Waals surface area contributed by atoms with E-state index in [2.05, 4.69) is 61.0 Å². The predicted molar refractivity (Wildman–Crippen MR) is 89.8 cm³/mol. The van der Waals surface area contributed by atoms with Gasteiger partial charge in [0, 0.05) is 37.4 Å². The Morgan fingerprint density at radius 1 is 1.29 bits per heavy atom. The highest BCUT2D eigenvalue weighted by molar-refractivity contribution is 5.52. The second-order valence-electron chi connectivity index (χ2n) is 7.29. The largest absolute Gasteiger partial charge is 0.370 e. The highest BCUT2D eigenvalue weighted by Gasteiger charge is 2.22. The lowest BCUT2D eigenvalue weighted by Crippen LogP contribution is -2.42. The van der Waals surface area contributed by atoms with Crippen molar-refractivity contribution in [2.45, 2.75) is 51.7 Å². The topological polar surface area (TPSA) is 31.4 Å². The van der Waals surface area contributed by atoms with Crippen LogP contribution in [0.1, 0.15) is 39.2 Å². The third kappa shape index (κ3) is 4.68. The lowest BCUT2D eigenvalue weighted by atomic mass is 10.0. The number of nitrogens with one attached hydrogen (secondary N) is 1. The van der Waals surface area contributed by atoms with Gasteiger partial charge in [-0.2, -0.15) is 0 Å². The van der Waals surface area contributed by atoms with Crippen molar-refractivity contribution in [3.8, 4) is 0 Å². The van der Waals surface area contributed by atoms with Crippen molar-refractivity contribution in [1.29, 1.82) is 0 Å². The first-order valence-electron chi connectivity index (χ1n) is 7.96. The summed E-state index contributed by atoms with van der Waals surface area (Å²) in [5.74, 6) is 0. The molecule has 1 aromatic rings. The summed E-state index contributed by atoms with van der Waals surface area (Å²) in [6.45, 7) is 9.76. The van der Waals surface area contributed by atoms with Gasteiger partial charge in [0.1, 0.15) is 0 Å². The number of pyridine rings is 1. The molecule has 0 spiro atoms. The number of rotatable bonds is 4. The van der Waals surface area contributed by atoms with Gasteiger partial charge in [-0.25, -0.2) is 0 Å². The molecule has 0 aromatic carbocycles. The van der Waals surface area contributed by atoms with E-state index in [1.54, 1.807) is 0 Å². The van der Waals surface area contributed by atoms with Crippen molar-refractivity contribution >= 4 is 5.69 Å². The van der Waals surface area contributed by atoms with E-state index < -0.39 is 0 Å². The Balaban J connectivity index is 2.03. The zero-order valence-electron chi connectivity index (χ0n) is 14.2. The number of nitrogens with zero attached hydrogens (tertiary/aromatic N) is 3. The Labute approximate surface area is 129 Å². The van der Waals surface area contributed by atoms with Gasteiger partial charge in [-0.1, -0.05) is 0 Å². The molecule has 2 rings (SSSR count). The second-order valence-corrected chi connectivity index (χ2v) is 7.29. The molecule has 0 unspecified atom stereocenters. The fourth-order valence-electron chi connectivity index (χ4n) is 2.83. The molecule has 1 saturated heterocycles. The molecule has 1 aliphatic rings. The zero-order valence-corrected chi connectivity index (χ0v) is 14.2. The normalized spacial score (nSPS) is 17.5. The molecule has 0 atom stereocenters. The predicted octanol–water partition coefficient (Wildman–Crippen LogP) is 2.50. The Bertz CT molecular complexity index is 442. The van der Waals surface area contributed by atoms with Gasteiger partial charge in [0.25, 0.3) is 0 Å². The van der Waals surface area contributed by atoms with Crippen LogP contribution in [0.25, 0.3) is 0 Å². The molecule has 2 heterocycles. The number of anilines is 1. The number of hydrogen-bond acceptors (Lipinski definition) is 4. The summed E-state index contributed by atoms with van der Waals surface area (Å²) in [4.78, 5) is 9.18. The number of aromatic nitrogens is 1. The van der Waals surface area contributed by atoms with Crippen molar-refractivity contribution in [2.24, 2.45) is 0 Å². The summed E-state index contributed by atoms with van der Waals surface area (Å²) in [5, 5.41) is 3.58. The molecule has 1 aromatic heterocycles. The van der Waals surface area contributed by atoms with Gasteiger partial charge < -0.3 is 15.1 Å². The molecule has 1 aliphatic heterocycles. The first-order chi connectivity index (χ1) is 9.87. The number of hydrogen-bond donors (Lipinski definition) is 1. The first-order valence-corrected chi connectivity index (χ1v) is 7.96. The van der Waals surface area contributed by atoms with Crippen LogP contribution in [0.2, 0.25) is 0 Å². The van der Waals surface area contributed by atoms with Gasteiger partial charge >= 0.3 is 0 Å². The monoisotopic (exact) mass is 290 g/mol. The van der Waals surface area contributed by atoms with Crippen molar-refractivity contribution in [1.82, 2.24) is 15.2 Å². The van der Waals surface area contributed by atoms with E-state index in [9.17, 15) is 0 Å². The smallest absolute Gasteiger partial charge is 0.0598 e. The van der Waals surface area contributed by atoms with Gasteiger partial charge in [-0.15, -0.1) is 0 Å². The molecule has 21 heavy (non-hydrogen) atoms. The minimum Gasteiger partial charge on any atom is -0.370 e. The van der Waals surface area contributed by atoms with E-state index in [1.165, 1.54) is 24.1 Å². The zero-order chi connectivity index (χ0) is 15.5. The molecular formula is C17H30N4. The van der Waals surface area contributed by atoms with Gasteiger partial charge in [-0.05, 0) is 59.3 Å². The maximum atomic E-state index is 4.34. The fourth-order valence-corrected chi connectivity index (χ4v) is 2.83. The molecule has 1 fully saturated rings. The van der Waals surface area contributed by atoms with Crippen molar-refractivity contribution in [2.75, 3.05) is 32.1 Å². The lowest BCUT2D eigenvalue weighted by molar-refractivity contribution is 0.249. The highest BCUT2D eigenvalue weighted by atomic mass is 15.2. The second kappa shape index (κ2) is 6.75. The third-order valence-corrected chi connectivity index (χ3v) is 4.23. The average molecular weight is 290 g/mol. The van der Waals surface area contributed by atoms with Crippen LogP contribution < -0.4 is 10.2 Å². The van der Waals surface area contributed by atoms with Gasteiger partial charge in [0.15, 0.2) is 0 Å². The van der Waals surface area contributed by atoms with Crippen LogP contribution in [0.5, 0.6) is 0 Å². The van der Waals surface area contributed by atoms with Crippen LogP contribution in [0.3, 0.4) is 0 Å². The summed E-state index contributed by atoms with van der Waals surface area (Å²) in [6, 6.07) is 2.86. The summed E-state index contributed by atoms with van der Waals surface area (Å²) in [5.41, 5.74) is 2.79. The Hall–Kier alpha value is -1.13. The van der Waals surface area contributed by atoms with Gasteiger partial charge in [-0.3, -0.25) is 4.98 Å². The molecule has 1 N–H and O–H groups in total. The van der Waals surface area contributed by atoms with E-state index >= 15 is 0 Å². The van der Waals surface area contributed by atoms with Crippen LogP contribution in [-0.4, -0.2) is 48.6 Å². The fraction of sp³-hybridized carbons (Fsp3) is 0.706. The molecule has 0 amide bonds. The van der Waals surface area contributed by atoms with Crippen LogP contribution in [-0.2, 0) is 6.54 Å². The molecule has 0 radical (unpaired) electrons. The number of piperidine rings is 1. The Kier molecular flexibility index (Phi) is 5.22. The standard InChI is InChI=1S/C17H30N4/c1-17(2,3)19-12-14-6-9-18-13-16(14)21-10-7-15(8-11-21)20(4)5/h6,9,13,15,19H,7-8,10-12H2,1-5H3. The van der Waals surface area contributed by atoms with Gasteiger partial charge in [0.2, 0.25) is 0 Å². The van der Waals surface area contributed by atoms with Crippen molar-refractivity contribution < 1.29 is 0 Å². The van der Waals surface area contributed by atoms with Crippen LogP contribution in [0.4, 0.5) is 5.69 Å². The van der Waals surface area contributed by atoms with Crippen molar-refractivity contribution in [3.05, 3.63) is 24.0 Å². The minimum atomic E-state index is 0.137. The quantitative estimate of drug-likeness (QED) is 0.923. The summed E-state index contributed by atoms with van der Waals surface area (Å²) in [6.07, 6.45) is 6.38. The molecule has 0 aliphatic carbocycles. The van der Waals surface area contributed by atoms with E-state index in [0.717, 1.165) is 19.6 Å². The maximum Gasteiger partial charge on any atom is 0.0598 e. The summed E-state index contributed by atoms with van der Waals surface area (Å²) in [7, 11) is 4.37. The third-order valence-electron chi connectivity index (χ3n) is 4.23. The van der Waals surface area contributed by atoms with E-state index in [0.29, 0.717) is 6.04 Å². The Morgan fingerprint density at radius 3 is 2.52 bits per heavy atom. The van der Waals surface area contributed by atoms with Crippen LogP contribution >= 0.6 is 0 Å².